The first-order valence-corrected chi connectivity index (χ1v) is 7.56. The van der Waals surface area contributed by atoms with Crippen LogP contribution in [0.25, 0.3) is 10.6 Å². The van der Waals surface area contributed by atoms with Gasteiger partial charge in [-0.2, -0.15) is 0 Å². The lowest BCUT2D eigenvalue weighted by Crippen LogP contribution is -2.22. The Morgan fingerprint density at radius 2 is 2.23 bits per heavy atom. The fourth-order valence-electron chi connectivity index (χ4n) is 1.97. The van der Waals surface area contributed by atoms with Gasteiger partial charge >= 0.3 is 0 Å². The number of rotatable bonds is 5. The van der Waals surface area contributed by atoms with Crippen molar-refractivity contribution < 1.29 is 14.1 Å². The third-order valence-corrected chi connectivity index (χ3v) is 3.97. The predicted octanol–water partition coefficient (Wildman–Crippen LogP) is 3.34. The van der Waals surface area contributed by atoms with Crippen molar-refractivity contribution in [2.45, 2.75) is 6.54 Å². The van der Waals surface area contributed by atoms with Crippen LogP contribution in [-0.2, 0) is 6.54 Å². The van der Waals surface area contributed by atoms with Crippen LogP contribution in [0, 0.1) is 0 Å². The highest BCUT2D eigenvalue weighted by molar-refractivity contribution is 7.13. The number of nitrogens with zero attached hydrogens (tertiary/aromatic N) is 1. The molecule has 0 bridgehead atoms. The van der Waals surface area contributed by atoms with Gasteiger partial charge in [0.05, 0.1) is 18.5 Å². The number of hydrogen-bond acceptors (Lipinski definition) is 5. The standard InChI is InChI=1S/C16H14N2O3S/c1-20-13-5-2-4-11(8-13)16(19)17-10-12-9-14(21-18-12)15-6-3-7-22-15/h2-9H,10H2,1H3,(H,17,19). The summed E-state index contributed by atoms with van der Waals surface area (Å²) >= 11 is 1.58. The molecule has 0 spiro atoms. The molecule has 22 heavy (non-hydrogen) atoms. The summed E-state index contributed by atoms with van der Waals surface area (Å²) in [4.78, 5) is 13.1. The van der Waals surface area contributed by atoms with Crippen LogP contribution in [0.3, 0.4) is 0 Å². The van der Waals surface area contributed by atoms with E-state index in [2.05, 4.69) is 10.5 Å². The van der Waals surface area contributed by atoms with Crippen molar-refractivity contribution in [3.8, 4) is 16.4 Å². The maximum atomic E-state index is 12.1. The van der Waals surface area contributed by atoms with Crippen LogP contribution < -0.4 is 10.1 Å². The quantitative estimate of drug-likeness (QED) is 0.784. The highest BCUT2D eigenvalue weighted by Gasteiger charge is 2.10. The zero-order chi connectivity index (χ0) is 15.4. The van der Waals surface area contributed by atoms with Crippen LogP contribution in [0.2, 0.25) is 0 Å². The minimum absolute atomic E-state index is 0.181. The minimum atomic E-state index is -0.181. The number of thiophene rings is 1. The Morgan fingerprint density at radius 3 is 3.00 bits per heavy atom. The number of benzene rings is 1. The molecule has 5 nitrogen and oxygen atoms in total. The molecule has 112 valence electrons. The van der Waals surface area contributed by atoms with Gasteiger partial charge in [0.2, 0.25) is 0 Å². The molecule has 0 saturated carbocycles. The first kappa shape index (κ1) is 14.3. The van der Waals surface area contributed by atoms with E-state index in [1.807, 2.05) is 23.6 Å². The van der Waals surface area contributed by atoms with Crippen molar-refractivity contribution in [2.75, 3.05) is 7.11 Å². The molecular formula is C16H14N2O3S. The molecule has 1 aromatic carbocycles. The van der Waals surface area contributed by atoms with Crippen molar-refractivity contribution in [1.29, 1.82) is 0 Å². The first-order valence-electron chi connectivity index (χ1n) is 6.68. The number of aromatic nitrogens is 1. The van der Waals surface area contributed by atoms with Gasteiger partial charge in [-0.05, 0) is 29.6 Å². The second-order valence-electron chi connectivity index (χ2n) is 4.57. The third-order valence-electron chi connectivity index (χ3n) is 3.08. The number of methoxy groups -OCH3 is 1. The monoisotopic (exact) mass is 314 g/mol. The summed E-state index contributed by atoms with van der Waals surface area (Å²) in [5, 5.41) is 8.75. The number of carbonyl (C=O) groups is 1. The van der Waals surface area contributed by atoms with Crippen LogP contribution >= 0.6 is 11.3 Å². The molecule has 0 fully saturated rings. The predicted molar refractivity (Wildman–Crippen MR) is 84.0 cm³/mol. The van der Waals surface area contributed by atoms with E-state index in [-0.39, 0.29) is 5.91 Å². The highest BCUT2D eigenvalue weighted by Crippen LogP contribution is 2.25. The Balaban J connectivity index is 1.63. The second-order valence-corrected chi connectivity index (χ2v) is 5.52. The Morgan fingerprint density at radius 1 is 1.32 bits per heavy atom. The molecule has 2 heterocycles. The summed E-state index contributed by atoms with van der Waals surface area (Å²) in [5.74, 6) is 1.18. The van der Waals surface area contributed by atoms with Crippen molar-refractivity contribution in [1.82, 2.24) is 10.5 Å². The second kappa shape index (κ2) is 6.44. The average Bonchev–Trinajstić information content (AvgIpc) is 3.23. The lowest BCUT2D eigenvalue weighted by molar-refractivity contribution is 0.0949. The van der Waals surface area contributed by atoms with Gasteiger partial charge in [0.1, 0.15) is 11.4 Å². The SMILES string of the molecule is COc1cccc(C(=O)NCc2cc(-c3cccs3)on2)c1. The molecular weight excluding hydrogens is 300 g/mol. The van der Waals surface area contributed by atoms with E-state index in [4.69, 9.17) is 9.26 Å². The molecule has 6 heteroatoms. The molecule has 3 rings (SSSR count). The van der Waals surface area contributed by atoms with E-state index in [1.165, 1.54) is 0 Å². The maximum absolute atomic E-state index is 12.1. The van der Waals surface area contributed by atoms with Crippen molar-refractivity contribution in [3.05, 3.63) is 59.1 Å². The normalized spacial score (nSPS) is 10.4. The topological polar surface area (TPSA) is 64.4 Å². The Hall–Kier alpha value is -2.60. The fraction of sp³-hybridized carbons (Fsp3) is 0.125. The van der Waals surface area contributed by atoms with Gasteiger partial charge in [-0.25, -0.2) is 0 Å². The summed E-state index contributed by atoms with van der Waals surface area (Å²) in [5.41, 5.74) is 1.22. The minimum Gasteiger partial charge on any atom is -0.497 e. The number of carbonyl (C=O) groups excluding carboxylic acids is 1. The summed E-state index contributed by atoms with van der Waals surface area (Å²) in [6.45, 7) is 0.310. The van der Waals surface area contributed by atoms with E-state index < -0.39 is 0 Å². The van der Waals surface area contributed by atoms with Crippen LogP contribution in [0.1, 0.15) is 16.1 Å². The van der Waals surface area contributed by atoms with Crippen molar-refractivity contribution in [2.24, 2.45) is 0 Å². The van der Waals surface area contributed by atoms with E-state index in [0.29, 0.717) is 29.3 Å². The van der Waals surface area contributed by atoms with Gasteiger partial charge in [-0.3, -0.25) is 4.79 Å². The van der Waals surface area contributed by atoms with E-state index in [1.54, 1.807) is 42.7 Å². The zero-order valence-electron chi connectivity index (χ0n) is 11.9. The largest absolute Gasteiger partial charge is 0.497 e. The number of amides is 1. The van der Waals surface area contributed by atoms with Gasteiger partial charge in [0, 0.05) is 11.6 Å². The van der Waals surface area contributed by atoms with Crippen LogP contribution in [0.15, 0.2) is 52.4 Å². The Bertz CT molecular complexity index is 765. The maximum Gasteiger partial charge on any atom is 0.251 e. The number of hydrogen-bond donors (Lipinski definition) is 1. The third kappa shape index (κ3) is 3.17. The fourth-order valence-corrected chi connectivity index (χ4v) is 2.64. The molecule has 0 atom stereocenters. The zero-order valence-corrected chi connectivity index (χ0v) is 12.7. The van der Waals surface area contributed by atoms with Crippen molar-refractivity contribution >= 4 is 17.2 Å². The Kier molecular flexibility index (Phi) is 4.20. The van der Waals surface area contributed by atoms with Crippen LogP contribution in [0.4, 0.5) is 0 Å². The summed E-state index contributed by atoms with van der Waals surface area (Å²) in [7, 11) is 1.57. The number of nitrogens with one attached hydrogen (secondary N) is 1. The molecule has 0 aliphatic carbocycles. The molecule has 1 amide bonds. The van der Waals surface area contributed by atoms with Gasteiger partial charge in [-0.15, -0.1) is 11.3 Å². The smallest absolute Gasteiger partial charge is 0.251 e. The summed E-state index contributed by atoms with van der Waals surface area (Å²) in [6, 6.07) is 12.7. The van der Waals surface area contributed by atoms with Gasteiger partial charge in [-0.1, -0.05) is 17.3 Å². The molecule has 0 saturated heterocycles. The van der Waals surface area contributed by atoms with E-state index in [9.17, 15) is 4.79 Å². The lowest BCUT2D eigenvalue weighted by Gasteiger charge is -2.04. The van der Waals surface area contributed by atoms with Crippen LogP contribution in [-0.4, -0.2) is 18.2 Å². The molecule has 0 aliphatic rings. The van der Waals surface area contributed by atoms with Gasteiger partial charge < -0.3 is 14.6 Å². The molecule has 1 N–H and O–H groups in total. The molecule has 3 aromatic rings. The lowest BCUT2D eigenvalue weighted by atomic mass is 10.2. The molecule has 0 radical (unpaired) electrons. The van der Waals surface area contributed by atoms with E-state index >= 15 is 0 Å². The Labute approximate surface area is 131 Å². The van der Waals surface area contributed by atoms with Crippen LogP contribution in [0.5, 0.6) is 5.75 Å². The number of ether oxygens (including phenoxy) is 1. The first-order chi connectivity index (χ1) is 10.8. The van der Waals surface area contributed by atoms with E-state index in [0.717, 1.165) is 4.88 Å². The molecule has 2 aromatic heterocycles. The average molecular weight is 314 g/mol. The highest BCUT2D eigenvalue weighted by atomic mass is 32.1. The molecule has 0 aliphatic heterocycles. The summed E-state index contributed by atoms with van der Waals surface area (Å²) < 4.78 is 10.4. The summed E-state index contributed by atoms with van der Waals surface area (Å²) in [6.07, 6.45) is 0. The van der Waals surface area contributed by atoms with Gasteiger partial charge in [0.25, 0.3) is 5.91 Å². The van der Waals surface area contributed by atoms with Crippen molar-refractivity contribution in [3.63, 3.8) is 0 Å². The van der Waals surface area contributed by atoms with Gasteiger partial charge in [0.15, 0.2) is 5.76 Å². The molecule has 0 unspecified atom stereocenters.